The fraction of sp³-hybridized carbons (Fsp3) is 0.417. The van der Waals surface area contributed by atoms with E-state index in [0.717, 1.165) is 0 Å². The zero-order valence-corrected chi connectivity index (χ0v) is 11.1. The van der Waals surface area contributed by atoms with Crippen molar-refractivity contribution >= 4 is 24.3 Å². The SMILES string of the molecule is Nc1ccc([C@@]2(S)O[C@H](C(=O)O)[C@@H](O)[C@H](O)[C@H]2O)cc1. The molecule has 0 amide bonds. The number of hydrogen-bond acceptors (Lipinski definition) is 7. The standard InChI is InChI=1S/C12H15NO6S/c13-6-3-1-5(2-4-6)12(20)10(16)8(15)7(14)9(19-12)11(17)18/h1-4,7-10,14-16,20H,13H2,(H,17,18)/t7-,8-,9-,10+,12-/m0/s1. The summed E-state index contributed by atoms with van der Waals surface area (Å²) in [5, 5.41) is 38.5. The van der Waals surface area contributed by atoms with Crippen molar-refractivity contribution in [3.63, 3.8) is 0 Å². The molecule has 0 spiro atoms. The quantitative estimate of drug-likeness (QED) is 0.302. The number of carboxylic acids is 1. The Morgan fingerprint density at radius 3 is 2.25 bits per heavy atom. The van der Waals surface area contributed by atoms with E-state index in [-0.39, 0.29) is 0 Å². The Balaban J connectivity index is 2.42. The zero-order chi connectivity index (χ0) is 15.1. The summed E-state index contributed by atoms with van der Waals surface area (Å²) in [4.78, 5) is 9.29. The first kappa shape index (κ1) is 15.1. The first-order chi connectivity index (χ1) is 9.27. The maximum atomic E-state index is 11.1. The summed E-state index contributed by atoms with van der Waals surface area (Å²) < 4.78 is 5.22. The highest BCUT2D eigenvalue weighted by molar-refractivity contribution is 7.81. The van der Waals surface area contributed by atoms with Crippen LogP contribution in [-0.2, 0) is 14.5 Å². The van der Waals surface area contributed by atoms with Gasteiger partial charge in [0.15, 0.2) is 11.0 Å². The van der Waals surface area contributed by atoms with Crippen molar-refractivity contribution in [1.29, 1.82) is 0 Å². The highest BCUT2D eigenvalue weighted by Gasteiger charge is 2.54. The van der Waals surface area contributed by atoms with Crippen LogP contribution in [0.5, 0.6) is 0 Å². The first-order valence-electron chi connectivity index (χ1n) is 5.80. The van der Waals surface area contributed by atoms with Crippen LogP contribution < -0.4 is 5.73 Å². The summed E-state index contributed by atoms with van der Waals surface area (Å²) in [7, 11) is 0. The van der Waals surface area contributed by atoms with Crippen molar-refractivity contribution in [2.24, 2.45) is 0 Å². The minimum absolute atomic E-state index is 0.319. The molecule has 1 heterocycles. The van der Waals surface area contributed by atoms with E-state index < -0.39 is 35.3 Å². The van der Waals surface area contributed by atoms with Gasteiger partial charge in [-0.3, -0.25) is 0 Å². The van der Waals surface area contributed by atoms with Crippen molar-refractivity contribution < 1.29 is 30.0 Å². The number of carboxylic acid groups (broad SMARTS) is 1. The van der Waals surface area contributed by atoms with Crippen molar-refractivity contribution in [3.05, 3.63) is 29.8 Å². The van der Waals surface area contributed by atoms with Gasteiger partial charge in [-0.05, 0) is 17.7 Å². The summed E-state index contributed by atoms with van der Waals surface area (Å²) in [5.74, 6) is -1.46. The molecule has 5 atom stereocenters. The molecule has 1 aromatic carbocycles. The zero-order valence-electron chi connectivity index (χ0n) is 10.2. The average molecular weight is 301 g/mol. The van der Waals surface area contributed by atoms with E-state index in [9.17, 15) is 20.1 Å². The summed E-state index contributed by atoms with van der Waals surface area (Å²) in [6, 6.07) is 6.04. The van der Waals surface area contributed by atoms with E-state index in [0.29, 0.717) is 11.3 Å². The topological polar surface area (TPSA) is 133 Å². The number of aliphatic carboxylic acids is 1. The molecule has 0 bridgehead atoms. The van der Waals surface area contributed by atoms with Gasteiger partial charge in [-0.25, -0.2) is 4.79 Å². The van der Waals surface area contributed by atoms with Crippen molar-refractivity contribution in [2.45, 2.75) is 29.3 Å². The van der Waals surface area contributed by atoms with Crippen LogP contribution >= 0.6 is 12.6 Å². The van der Waals surface area contributed by atoms with Crippen LogP contribution in [0.1, 0.15) is 5.56 Å². The highest BCUT2D eigenvalue weighted by Crippen LogP contribution is 2.41. The van der Waals surface area contributed by atoms with E-state index in [1.807, 2.05) is 0 Å². The summed E-state index contributed by atoms with van der Waals surface area (Å²) in [6.07, 6.45) is -6.78. The Kier molecular flexibility index (Phi) is 3.94. The third kappa shape index (κ3) is 2.36. The second-order valence-corrected chi connectivity index (χ2v) is 5.29. The fourth-order valence-corrected chi connectivity index (χ4v) is 2.50. The van der Waals surface area contributed by atoms with Gasteiger partial charge < -0.3 is 30.9 Å². The maximum absolute atomic E-state index is 11.1. The molecule has 0 aromatic heterocycles. The van der Waals surface area contributed by atoms with Crippen LogP contribution in [0.4, 0.5) is 5.69 Å². The lowest BCUT2D eigenvalue weighted by atomic mass is 9.90. The maximum Gasteiger partial charge on any atom is 0.335 e. The lowest BCUT2D eigenvalue weighted by molar-refractivity contribution is -0.241. The van der Waals surface area contributed by atoms with E-state index in [1.165, 1.54) is 24.3 Å². The molecular formula is C12H15NO6S. The van der Waals surface area contributed by atoms with Gasteiger partial charge in [-0.1, -0.05) is 12.1 Å². The predicted molar refractivity (Wildman–Crippen MR) is 72.0 cm³/mol. The summed E-state index contributed by atoms with van der Waals surface area (Å²) in [5.41, 5.74) is 6.33. The fourth-order valence-electron chi connectivity index (χ4n) is 2.09. The Hall–Kier alpha value is -1.32. The van der Waals surface area contributed by atoms with Crippen molar-refractivity contribution in [1.82, 2.24) is 0 Å². The minimum atomic E-state index is -1.77. The van der Waals surface area contributed by atoms with Gasteiger partial charge in [0.2, 0.25) is 0 Å². The largest absolute Gasteiger partial charge is 0.479 e. The third-order valence-corrected chi connectivity index (χ3v) is 3.89. The van der Waals surface area contributed by atoms with Crippen LogP contribution in [-0.4, -0.2) is 50.8 Å². The smallest absolute Gasteiger partial charge is 0.335 e. The molecule has 2 rings (SSSR count). The summed E-state index contributed by atoms with van der Waals surface area (Å²) in [6.45, 7) is 0. The molecule has 0 saturated carbocycles. The van der Waals surface area contributed by atoms with Crippen molar-refractivity contribution in [2.75, 3.05) is 5.73 Å². The van der Waals surface area contributed by atoms with Gasteiger partial charge in [-0.2, -0.15) is 0 Å². The first-order valence-corrected chi connectivity index (χ1v) is 6.25. The van der Waals surface area contributed by atoms with E-state index in [1.54, 1.807) is 0 Å². The molecule has 0 unspecified atom stereocenters. The Labute approximate surface area is 120 Å². The molecule has 6 N–H and O–H groups in total. The van der Waals surface area contributed by atoms with Gasteiger partial charge in [0.25, 0.3) is 0 Å². The molecule has 0 aliphatic carbocycles. The number of aliphatic hydroxyl groups excluding tert-OH is 3. The van der Waals surface area contributed by atoms with Gasteiger partial charge >= 0.3 is 5.97 Å². The van der Waals surface area contributed by atoms with Gasteiger partial charge in [0.1, 0.15) is 18.3 Å². The number of rotatable bonds is 2. The van der Waals surface area contributed by atoms with Crippen LogP contribution in [0, 0.1) is 0 Å². The number of anilines is 1. The number of ether oxygens (including phenoxy) is 1. The molecule has 1 fully saturated rings. The number of carbonyl (C=O) groups is 1. The minimum Gasteiger partial charge on any atom is -0.479 e. The third-order valence-electron chi connectivity index (χ3n) is 3.26. The van der Waals surface area contributed by atoms with E-state index >= 15 is 0 Å². The Morgan fingerprint density at radius 1 is 1.20 bits per heavy atom. The number of hydrogen-bond donors (Lipinski definition) is 6. The molecular weight excluding hydrogens is 286 g/mol. The molecule has 1 aliphatic heterocycles. The normalized spacial score (nSPS) is 37.6. The molecule has 8 heteroatoms. The van der Waals surface area contributed by atoms with Gasteiger partial charge in [0.05, 0.1) is 0 Å². The van der Waals surface area contributed by atoms with Crippen molar-refractivity contribution in [3.8, 4) is 0 Å². The lowest BCUT2D eigenvalue weighted by Gasteiger charge is -2.45. The second kappa shape index (κ2) is 5.23. The predicted octanol–water partition coefficient (Wildman–Crippen LogP) is -1.08. The van der Waals surface area contributed by atoms with Crippen LogP contribution in [0.15, 0.2) is 24.3 Å². The molecule has 1 aliphatic rings. The molecule has 0 radical (unpaired) electrons. The molecule has 20 heavy (non-hydrogen) atoms. The van der Waals surface area contributed by atoms with Crippen LogP contribution in [0.3, 0.4) is 0 Å². The number of benzene rings is 1. The molecule has 1 saturated heterocycles. The monoisotopic (exact) mass is 301 g/mol. The number of thiol groups is 1. The van der Waals surface area contributed by atoms with E-state index in [2.05, 4.69) is 12.6 Å². The Morgan fingerprint density at radius 2 is 1.75 bits per heavy atom. The summed E-state index contributed by atoms with van der Waals surface area (Å²) >= 11 is 4.17. The highest BCUT2D eigenvalue weighted by atomic mass is 32.1. The van der Waals surface area contributed by atoms with Gasteiger partial charge in [0, 0.05) is 5.69 Å². The second-order valence-electron chi connectivity index (χ2n) is 4.62. The number of nitrogens with two attached hydrogens (primary N) is 1. The average Bonchev–Trinajstić information content (AvgIpc) is 2.41. The van der Waals surface area contributed by atoms with Crippen LogP contribution in [0.2, 0.25) is 0 Å². The number of nitrogen functional groups attached to an aromatic ring is 1. The molecule has 7 nitrogen and oxygen atoms in total. The Bertz CT molecular complexity index is 509. The van der Waals surface area contributed by atoms with E-state index in [4.69, 9.17) is 15.6 Å². The van der Waals surface area contributed by atoms with Gasteiger partial charge in [-0.15, -0.1) is 12.6 Å². The number of aliphatic hydroxyl groups is 3. The van der Waals surface area contributed by atoms with Crippen LogP contribution in [0.25, 0.3) is 0 Å². The lowest BCUT2D eigenvalue weighted by Crippen LogP contribution is -2.62. The molecule has 1 aromatic rings. The molecule has 110 valence electrons.